The van der Waals surface area contributed by atoms with Gasteiger partial charge in [-0.1, -0.05) is 0 Å². The molecule has 0 unspecified atom stereocenters. The number of hydrogen-bond donors (Lipinski definition) is 1. The highest BCUT2D eigenvalue weighted by Gasteiger charge is 2.08. The highest BCUT2D eigenvalue weighted by atomic mass is 32.1. The molecule has 0 saturated carbocycles. The van der Waals surface area contributed by atoms with Crippen molar-refractivity contribution in [2.75, 3.05) is 5.73 Å². The van der Waals surface area contributed by atoms with Crippen molar-refractivity contribution >= 4 is 28.1 Å². The molecule has 2 heterocycles. The van der Waals surface area contributed by atoms with Crippen LogP contribution in [0.5, 0.6) is 0 Å². The van der Waals surface area contributed by atoms with E-state index < -0.39 is 0 Å². The number of fused-ring (bicyclic) bond motifs is 1. The predicted molar refractivity (Wildman–Crippen MR) is 70.1 cm³/mol. The van der Waals surface area contributed by atoms with Gasteiger partial charge >= 0.3 is 0 Å². The van der Waals surface area contributed by atoms with Crippen LogP contribution in [0, 0.1) is 6.92 Å². The number of hydrogen-bond acceptors (Lipinski definition) is 4. The number of imidazole rings is 1. The number of rotatable bonds is 2. The first-order valence-corrected chi connectivity index (χ1v) is 6.23. The topological polar surface area (TPSA) is 56.7 Å². The van der Waals surface area contributed by atoms with Gasteiger partial charge in [0.1, 0.15) is 10.8 Å². The van der Waals surface area contributed by atoms with E-state index in [-0.39, 0.29) is 0 Å². The fourth-order valence-electron chi connectivity index (χ4n) is 1.93. The molecule has 5 heteroatoms. The summed E-state index contributed by atoms with van der Waals surface area (Å²) in [6.45, 7) is 2.77. The van der Waals surface area contributed by atoms with Crippen LogP contribution in [0.4, 0.5) is 5.69 Å². The van der Waals surface area contributed by atoms with Gasteiger partial charge in [0.2, 0.25) is 0 Å². The van der Waals surface area contributed by atoms with Gasteiger partial charge in [0, 0.05) is 17.3 Å². The van der Waals surface area contributed by atoms with Crippen molar-refractivity contribution in [3.63, 3.8) is 0 Å². The normalized spacial score (nSPS) is 11.1. The number of thiazole rings is 1. The van der Waals surface area contributed by atoms with Crippen LogP contribution in [0.1, 0.15) is 10.8 Å². The number of benzene rings is 1. The second kappa shape index (κ2) is 3.85. The molecular weight excluding hydrogens is 232 g/mol. The molecule has 0 saturated heterocycles. The Morgan fingerprint density at radius 1 is 1.41 bits per heavy atom. The molecule has 3 rings (SSSR count). The van der Waals surface area contributed by atoms with Gasteiger partial charge in [-0.05, 0) is 25.1 Å². The first kappa shape index (κ1) is 10.3. The van der Waals surface area contributed by atoms with Crippen molar-refractivity contribution < 1.29 is 0 Å². The lowest BCUT2D eigenvalue weighted by Gasteiger charge is -2.03. The molecule has 0 atom stereocenters. The van der Waals surface area contributed by atoms with Crippen LogP contribution in [0.25, 0.3) is 11.0 Å². The Labute approximate surface area is 103 Å². The van der Waals surface area contributed by atoms with Gasteiger partial charge in [-0.15, -0.1) is 11.3 Å². The molecule has 4 nitrogen and oxygen atoms in total. The quantitative estimate of drug-likeness (QED) is 0.704. The van der Waals surface area contributed by atoms with E-state index in [0.717, 1.165) is 34.1 Å². The molecule has 1 aromatic carbocycles. The minimum absolute atomic E-state index is 0.747. The standard InChI is InChI=1S/C12H12N4S/c1-8-15-10-6-9(13)2-3-11(10)16(8)7-12-14-4-5-17-12/h2-6H,7,13H2,1H3. The van der Waals surface area contributed by atoms with Crippen molar-refractivity contribution in [1.29, 1.82) is 0 Å². The van der Waals surface area contributed by atoms with Crippen LogP contribution < -0.4 is 5.73 Å². The van der Waals surface area contributed by atoms with Gasteiger partial charge in [0.15, 0.2) is 0 Å². The molecule has 0 bridgehead atoms. The lowest BCUT2D eigenvalue weighted by Crippen LogP contribution is -2.01. The van der Waals surface area contributed by atoms with Gasteiger partial charge in [0.25, 0.3) is 0 Å². The zero-order chi connectivity index (χ0) is 11.8. The van der Waals surface area contributed by atoms with E-state index >= 15 is 0 Å². The molecule has 0 amide bonds. The van der Waals surface area contributed by atoms with Gasteiger partial charge in [0.05, 0.1) is 17.6 Å². The number of nitrogens with two attached hydrogens (primary N) is 1. The van der Waals surface area contributed by atoms with E-state index in [4.69, 9.17) is 5.73 Å². The molecule has 0 aliphatic carbocycles. The molecule has 2 N–H and O–H groups in total. The zero-order valence-corrected chi connectivity index (χ0v) is 10.2. The molecule has 2 aromatic heterocycles. The summed E-state index contributed by atoms with van der Waals surface area (Å²) < 4.78 is 2.16. The first-order valence-electron chi connectivity index (χ1n) is 5.35. The number of nitrogens with zero attached hydrogens (tertiary/aromatic N) is 3. The zero-order valence-electron chi connectivity index (χ0n) is 9.42. The number of nitrogen functional groups attached to an aromatic ring is 1. The first-order chi connectivity index (χ1) is 8.24. The summed E-state index contributed by atoms with van der Waals surface area (Å²) in [5, 5.41) is 3.08. The van der Waals surface area contributed by atoms with Crippen LogP contribution in [-0.4, -0.2) is 14.5 Å². The van der Waals surface area contributed by atoms with Crippen molar-refractivity contribution in [1.82, 2.24) is 14.5 Å². The van der Waals surface area contributed by atoms with Crippen molar-refractivity contribution in [3.8, 4) is 0 Å². The van der Waals surface area contributed by atoms with Gasteiger partial charge in [-0.2, -0.15) is 0 Å². The van der Waals surface area contributed by atoms with E-state index in [1.165, 1.54) is 0 Å². The minimum atomic E-state index is 0.747. The summed E-state index contributed by atoms with van der Waals surface area (Å²) in [6, 6.07) is 5.82. The van der Waals surface area contributed by atoms with Crippen molar-refractivity contribution in [2.45, 2.75) is 13.5 Å². The summed E-state index contributed by atoms with van der Waals surface area (Å²) in [4.78, 5) is 8.82. The molecule has 3 aromatic rings. The fraction of sp³-hybridized carbons (Fsp3) is 0.167. The Morgan fingerprint density at radius 3 is 3.06 bits per heavy atom. The van der Waals surface area contributed by atoms with E-state index in [2.05, 4.69) is 14.5 Å². The summed E-state index contributed by atoms with van der Waals surface area (Å²) in [5.41, 5.74) is 8.55. The largest absolute Gasteiger partial charge is 0.399 e. The maximum atomic E-state index is 5.76. The van der Waals surface area contributed by atoms with E-state index in [0.29, 0.717) is 0 Å². The summed E-state index contributed by atoms with van der Waals surface area (Å²) in [7, 11) is 0. The van der Waals surface area contributed by atoms with E-state index in [1.54, 1.807) is 11.3 Å². The number of anilines is 1. The highest BCUT2D eigenvalue weighted by molar-refractivity contribution is 7.09. The molecule has 0 radical (unpaired) electrons. The van der Waals surface area contributed by atoms with Crippen molar-refractivity contribution in [3.05, 3.63) is 40.6 Å². The fourth-order valence-corrected chi connectivity index (χ4v) is 2.54. The summed E-state index contributed by atoms with van der Waals surface area (Å²) in [5.74, 6) is 0.987. The minimum Gasteiger partial charge on any atom is -0.399 e. The SMILES string of the molecule is Cc1nc2cc(N)ccc2n1Cc1nccs1. The maximum absolute atomic E-state index is 5.76. The van der Waals surface area contributed by atoms with Crippen LogP contribution in [0.3, 0.4) is 0 Å². The smallest absolute Gasteiger partial charge is 0.112 e. The Hall–Kier alpha value is -1.88. The Bertz CT molecular complexity index is 655. The molecule has 17 heavy (non-hydrogen) atoms. The Morgan fingerprint density at radius 2 is 2.29 bits per heavy atom. The second-order valence-electron chi connectivity index (χ2n) is 3.92. The third-order valence-corrected chi connectivity index (χ3v) is 3.50. The van der Waals surface area contributed by atoms with E-state index in [1.807, 2.05) is 36.7 Å². The monoisotopic (exact) mass is 244 g/mol. The third kappa shape index (κ3) is 1.78. The maximum Gasteiger partial charge on any atom is 0.112 e. The molecule has 0 aliphatic heterocycles. The average molecular weight is 244 g/mol. The van der Waals surface area contributed by atoms with Gasteiger partial charge in [-0.3, -0.25) is 0 Å². The molecule has 0 spiro atoms. The predicted octanol–water partition coefficient (Wildman–Crippen LogP) is 2.43. The van der Waals surface area contributed by atoms with Crippen LogP contribution >= 0.6 is 11.3 Å². The molecular formula is C12H12N4S. The van der Waals surface area contributed by atoms with Crippen LogP contribution in [0.15, 0.2) is 29.8 Å². The summed E-state index contributed by atoms with van der Waals surface area (Å²) in [6.07, 6.45) is 1.83. The van der Waals surface area contributed by atoms with Gasteiger partial charge in [-0.25, -0.2) is 9.97 Å². The lowest BCUT2D eigenvalue weighted by atomic mass is 10.3. The number of aromatic nitrogens is 3. The van der Waals surface area contributed by atoms with Crippen LogP contribution in [0.2, 0.25) is 0 Å². The van der Waals surface area contributed by atoms with Crippen LogP contribution in [-0.2, 0) is 6.54 Å². The third-order valence-electron chi connectivity index (χ3n) is 2.74. The summed E-state index contributed by atoms with van der Waals surface area (Å²) >= 11 is 1.66. The van der Waals surface area contributed by atoms with Crippen molar-refractivity contribution in [2.24, 2.45) is 0 Å². The number of aryl methyl sites for hydroxylation is 1. The molecule has 0 fully saturated rings. The van der Waals surface area contributed by atoms with Gasteiger partial charge < -0.3 is 10.3 Å². The Balaban J connectivity index is 2.12. The molecule has 0 aliphatic rings. The van der Waals surface area contributed by atoms with E-state index in [9.17, 15) is 0 Å². The molecule has 86 valence electrons. The second-order valence-corrected chi connectivity index (χ2v) is 4.90. The highest BCUT2D eigenvalue weighted by Crippen LogP contribution is 2.20. The Kier molecular flexibility index (Phi) is 2.33. The lowest BCUT2D eigenvalue weighted by molar-refractivity contribution is 0.780. The average Bonchev–Trinajstić information content (AvgIpc) is 2.88.